The van der Waals surface area contributed by atoms with Gasteiger partial charge in [0.05, 0.1) is 17.9 Å². The zero-order valence-corrected chi connectivity index (χ0v) is 12.4. The van der Waals surface area contributed by atoms with Crippen LogP contribution in [-0.4, -0.2) is 38.5 Å². The maximum atomic E-state index is 12.0. The second-order valence-corrected chi connectivity index (χ2v) is 6.24. The molecule has 0 saturated carbocycles. The molecule has 8 heteroatoms. The molecule has 1 aromatic carbocycles. The molecule has 0 radical (unpaired) electrons. The zero-order valence-electron chi connectivity index (χ0n) is 11.6. The summed E-state index contributed by atoms with van der Waals surface area (Å²) in [5, 5.41) is 0. The van der Waals surface area contributed by atoms with Crippen LogP contribution >= 0.6 is 0 Å². The second kappa shape index (κ2) is 5.45. The Hall–Kier alpha value is -1.93. The van der Waals surface area contributed by atoms with Gasteiger partial charge in [-0.2, -0.15) is 8.42 Å². The van der Waals surface area contributed by atoms with E-state index in [1.165, 1.54) is 31.1 Å². The SMILES string of the molecule is COC(=O)C1CC(=O)N(c2ccc(C)c(S(=O)(=O)O)c2)C1. The number of methoxy groups -OCH3 is 1. The van der Waals surface area contributed by atoms with Gasteiger partial charge in [-0.05, 0) is 24.6 Å². The smallest absolute Gasteiger partial charge is 0.311 e. The molecule has 1 fully saturated rings. The number of hydrogen-bond donors (Lipinski definition) is 1. The van der Waals surface area contributed by atoms with Gasteiger partial charge in [0.25, 0.3) is 10.1 Å². The highest BCUT2D eigenvalue weighted by atomic mass is 32.2. The Morgan fingerprint density at radius 3 is 2.67 bits per heavy atom. The van der Waals surface area contributed by atoms with E-state index in [-0.39, 0.29) is 23.8 Å². The standard InChI is InChI=1S/C13H15NO6S/c1-8-3-4-10(6-11(8)21(17,18)19)14-7-9(5-12(14)15)13(16)20-2/h3-4,6,9H,5,7H2,1-2H3,(H,17,18,19). The van der Waals surface area contributed by atoms with Crippen LogP contribution in [0.3, 0.4) is 0 Å². The third kappa shape index (κ3) is 3.06. The number of aryl methyl sites for hydroxylation is 1. The van der Waals surface area contributed by atoms with Crippen LogP contribution in [-0.2, 0) is 24.4 Å². The lowest BCUT2D eigenvalue weighted by Crippen LogP contribution is -2.26. The van der Waals surface area contributed by atoms with E-state index in [1.807, 2.05) is 0 Å². The summed E-state index contributed by atoms with van der Waals surface area (Å²) in [5.74, 6) is -1.35. The highest BCUT2D eigenvalue weighted by Gasteiger charge is 2.36. The van der Waals surface area contributed by atoms with Crippen LogP contribution in [0, 0.1) is 12.8 Å². The van der Waals surface area contributed by atoms with Crippen molar-refractivity contribution >= 4 is 27.7 Å². The molecule has 1 N–H and O–H groups in total. The van der Waals surface area contributed by atoms with Crippen molar-refractivity contribution in [2.45, 2.75) is 18.2 Å². The minimum atomic E-state index is -4.37. The maximum absolute atomic E-state index is 12.0. The molecular weight excluding hydrogens is 298 g/mol. The normalized spacial score (nSPS) is 18.9. The third-order valence-corrected chi connectivity index (χ3v) is 4.42. The van der Waals surface area contributed by atoms with Gasteiger partial charge in [0.2, 0.25) is 5.91 Å². The van der Waals surface area contributed by atoms with E-state index in [0.29, 0.717) is 11.3 Å². The van der Waals surface area contributed by atoms with Crippen molar-refractivity contribution in [3.05, 3.63) is 23.8 Å². The molecule has 1 heterocycles. The summed E-state index contributed by atoms with van der Waals surface area (Å²) in [4.78, 5) is 24.5. The maximum Gasteiger partial charge on any atom is 0.311 e. The topological polar surface area (TPSA) is 101 Å². The van der Waals surface area contributed by atoms with Gasteiger partial charge in [-0.3, -0.25) is 14.1 Å². The average molecular weight is 313 g/mol. The summed E-state index contributed by atoms with van der Waals surface area (Å²) in [6.45, 7) is 1.66. The van der Waals surface area contributed by atoms with Crippen molar-refractivity contribution in [1.82, 2.24) is 0 Å². The Bertz CT molecular complexity index is 697. The summed E-state index contributed by atoms with van der Waals surface area (Å²) in [5.41, 5.74) is 0.696. The van der Waals surface area contributed by atoms with Crippen LogP contribution in [0.1, 0.15) is 12.0 Å². The molecule has 0 spiro atoms. The lowest BCUT2D eigenvalue weighted by Gasteiger charge is -2.17. The number of amides is 1. The number of anilines is 1. The number of nitrogens with zero attached hydrogens (tertiary/aromatic N) is 1. The number of ether oxygens (including phenoxy) is 1. The van der Waals surface area contributed by atoms with Gasteiger partial charge in [-0.25, -0.2) is 0 Å². The van der Waals surface area contributed by atoms with Crippen molar-refractivity contribution in [3.63, 3.8) is 0 Å². The molecule has 1 aliphatic heterocycles. The van der Waals surface area contributed by atoms with Crippen LogP contribution in [0.25, 0.3) is 0 Å². The lowest BCUT2D eigenvalue weighted by molar-refractivity contribution is -0.145. The highest BCUT2D eigenvalue weighted by Crippen LogP contribution is 2.29. The van der Waals surface area contributed by atoms with E-state index in [9.17, 15) is 22.6 Å². The Labute approximate surface area is 122 Å². The molecule has 1 amide bonds. The number of esters is 1. The number of hydrogen-bond acceptors (Lipinski definition) is 5. The molecule has 1 unspecified atom stereocenters. The molecule has 1 aromatic rings. The number of carbonyl (C=O) groups is 2. The Balaban J connectivity index is 2.35. The van der Waals surface area contributed by atoms with Crippen molar-refractivity contribution in [2.75, 3.05) is 18.6 Å². The van der Waals surface area contributed by atoms with Crippen LogP contribution in [0.15, 0.2) is 23.1 Å². The van der Waals surface area contributed by atoms with Crippen LogP contribution in [0.2, 0.25) is 0 Å². The van der Waals surface area contributed by atoms with Crippen LogP contribution in [0.4, 0.5) is 5.69 Å². The number of benzene rings is 1. The largest absolute Gasteiger partial charge is 0.469 e. The molecule has 2 rings (SSSR count). The summed E-state index contributed by atoms with van der Waals surface area (Å²) in [6.07, 6.45) is 0.0156. The first-order valence-corrected chi connectivity index (χ1v) is 7.64. The Kier molecular flexibility index (Phi) is 4.02. The fourth-order valence-corrected chi connectivity index (χ4v) is 3.06. The summed E-state index contributed by atoms with van der Waals surface area (Å²) >= 11 is 0. The van der Waals surface area contributed by atoms with E-state index in [0.717, 1.165) is 0 Å². The highest BCUT2D eigenvalue weighted by molar-refractivity contribution is 7.85. The molecule has 21 heavy (non-hydrogen) atoms. The fraction of sp³-hybridized carbons (Fsp3) is 0.385. The predicted octanol–water partition coefficient (Wildman–Crippen LogP) is 0.768. The quantitative estimate of drug-likeness (QED) is 0.653. The Morgan fingerprint density at radius 1 is 1.43 bits per heavy atom. The molecule has 0 aliphatic carbocycles. The van der Waals surface area contributed by atoms with Crippen LogP contribution < -0.4 is 4.90 Å². The fourth-order valence-electron chi connectivity index (χ4n) is 2.32. The second-order valence-electron chi connectivity index (χ2n) is 4.85. The predicted molar refractivity (Wildman–Crippen MR) is 73.5 cm³/mol. The van der Waals surface area contributed by atoms with Gasteiger partial charge in [0, 0.05) is 18.7 Å². The molecule has 7 nitrogen and oxygen atoms in total. The molecular formula is C13H15NO6S. The third-order valence-electron chi connectivity index (χ3n) is 3.42. The minimum absolute atomic E-state index is 0.0156. The van der Waals surface area contributed by atoms with E-state index >= 15 is 0 Å². The first-order valence-electron chi connectivity index (χ1n) is 6.20. The molecule has 1 aliphatic rings. The average Bonchev–Trinajstić information content (AvgIpc) is 2.79. The lowest BCUT2D eigenvalue weighted by atomic mass is 10.1. The van der Waals surface area contributed by atoms with Crippen molar-refractivity contribution in [3.8, 4) is 0 Å². The minimum Gasteiger partial charge on any atom is -0.469 e. The van der Waals surface area contributed by atoms with Crippen molar-refractivity contribution < 1.29 is 27.3 Å². The van der Waals surface area contributed by atoms with Crippen molar-refractivity contribution in [2.24, 2.45) is 5.92 Å². The van der Waals surface area contributed by atoms with E-state index in [4.69, 9.17) is 0 Å². The van der Waals surface area contributed by atoms with Gasteiger partial charge in [0.15, 0.2) is 0 Å². The molecule has 0 bridgehead atoms. The van der Waals surface area contributed by atoms with E-state index in [2.05, 4.69) is 4.74 Å². The van der Waals surface area contributed by atoms with Gasteiger partial charge >= 0.3 is 5.97 Å². The summed E-state index contributed by atoms with van der Waals surface area (Å²) < 4.78 is 36.4. The first-order chi connectivity index (χ1) is 9.74. The number of rotatable bonds is 3. The first kappa shape index (κ1) is 15.5. The summed E-state index contributed by atoms with van der Waals surface area (Å²) in [6, 6.07) is 4.29. The molecule has 114 valence electrons. The Morgan fingerprint density at radius 2 is 2.10 bits per heavy atom. The van der Waals surface area contributed by atoms with Crippen LogP contribution in [0.5, 0.6) is 0 Å². The monoisotopic (exact) mass is 313 g/mol. The molecule has 0 aromatic heterocycles. The van der Waals surface area contributed by atoms with Gasteiger partial charge in [-0.1, -0.05) is 6.07 Å². The van der Waals surface area contributed by atoms with Crippen molar-refractivity contribution in [1.29, 1.82) is 0 Å². The number of carbonyl (C=O) groups excluding carboxylic acids is 2. The summed E-state index contributed by atoms with van der Waals surface area (Å²) in [7, 11) is -3.12. The van der Waals surface area contributed by atoms with Gasteiger partial charge in [0.1, 0.15) is 0 Å². The molecule has 1 saturated heterocycles. The van der Waals surface area contributed by atoms with E-state index in [1.54, 1.807) is 6.07 Å². The van der Waals surface area contributed by atoms with Gasteiger partial charge in [-0.15, -0.1) is 0 Å². The zero-order chi connectivity index (χ0) is 15.8. The molecule has 1 atom stereocenters. The van der Waals surface area contributed by atoms with E-state index < -0.39 is 22.0 Å². The van der Waals surface area contributed by atoms with Gasteiger partial charge < -0.3 is 9.64 Å².